The first-order valence-electron chi connectivity index (χ1n) is 8.39. The number of esters is 1. The van der Waals surface area contributed by atoms with E-state index in [1.807, 2.05) is 18.2 Å². The third kappa shape index (κ3) is 4.70. The molecular weight excluding hydrogens is 435 g/mol. The van der Waals surface area contributed by atoms with E-state index in [1.165, 1.54) is 43.6 Å². The van der Waals surface area contributed by atoms with Gasteiger partial charge in [0, 0.05) is 6.20 Å². The van der Waals surface area contributed by atoms with Crippen LogP contribution in [0.1, 0.15) is 15.9 Å². The highest BCUT2D eigenvalue weighted by Crippen LogP contribution is 2.32. The largest absolute Gasteiger partial charge is 0.465 e. The number of carbonyl (C=O) groups is 1. The number of hydrogen-bond acceptors (Lipinski definition) is 5. The van der Waals surface area contributed by atoms with Crippen molar-refractivity contribution in [1.29, 1.82) is 0 Å². The molecule has 0 bridgehead atoms. The van der Waals surface area contributed by atoms with Gasteiger partial charge in [-0.2, -0.15) is 0 Å². The van der Waals surface area contributed by atoms with Gasteiger partial charge in [-0.25, -0.2) is 22.5 Å². The number of methoxy groups -OCH3 is 1. The molecule has 0 amide bonds. The van der Waals surface area contributed by atoms with Crippen molar-refractivity contribution < 1.29 is 17.9 Å². The van der Waals surface area contributed by atoms with Gasteiger partial charge in [-0.05, 0) is 35.9 Å². The van der Waals surface area contributed by atoms with Crippen LogP contribution in [0.3, 0.4) is 0 Å². The van der Waals surface area contributed by atoms with Crippen molar-refractivity contribution in [2.24, 2.45) is 0 Å². The fraction of sp³-hybridized carbons (Fsp3) is 0.100. The number of carbonyl (C=O) groups excluding carboxylic acids is 1. The molecule has 0 N–H and O–H groups in total. The van der Waals surface area contributed by atoms with Gasteiger partial charge in [-0.15, -0.1) is 0 Å². The quantitative estimate of drug-likeness (QED) is 0.514. The van der Waals surface area contributed by atoms with Crippen LogP contribution >= 0.6 is 23.2 Å². The third-order valence-corrected chi connectivity index (χ3v) is 6.29. The van der Waals surface area contributed by atoms with E-state index in [0.717, 1.165) is 9.87 Å². The van der Waals surface area contributed by atoms with Crippen molar-refractivity contribution in [1.82, 2.24) is 4.98 Å². The number of aromatic nitrogens is 1. The molecule has 6 nitrogen and oxygen atoms in total. The first-order valence-corrected chi connectivity index (χ1v) is 10.6. The Hall–Kier alpha value is -2.61. The van der Waals surface area contributed by atoms with Crippen LogP contribution in [0.2, 0.25) is 10.0 Å². The van der Waals surface area contributed by atoms with Crippen molar-refractivity contribution >= 4 is 45.0 Å². The number of benzene rings is 2. The van der Waals surface area contributed by atoms with E-state index in [1.54, 1.807) is 12.1 Å². The Morgan fingerprint density at radius 3 is 2.31 bits per heavy atom. The lowest BCUT2D eigenvalue weighted by Gasteiger charge is -2.24. The number of pyridine rings is 1. The summed E-state index contributed by atoms with van der Waals surface area (Å²) in [6.45, 7) is 0.0102. The van der Waals surface area contributed by atoms with Crippen LogP contribution in [-0.4, -0.2) is 26.5 Å². The minimum Gasteiger partial charge on any atom is -0.465 e. The number of halogens is 2. The molecule has 0 radical (unpaired) electrons. The average molecular weight is 451 g/mol. The van der Waals surface area contributed by atoms with E-state index in [9.17, 15) is 13.2 Å². The lowest BCUT2D eigenvalue weighted by molar-refractivity contribution is 0.0600. The summed E-state index contributed by atoms with van der Waals surface area (Å²) < 4.78 is 32.6. The average Bonchev–Trinajstić information content (AvgIpc) is 2.72. The number of ether oxygens (including phenoxy) is 1. The molecule has 0 atom stereocenters. The molecule has 0 aliphatic rings. The standard InChI is InChI=1S/C20H16Cl2N2O4S/c1-28-20(25)15-7-9-17(10-8-15)29(26,27)24(13-14-5-3-2-4-6-14)19-18(22)11-16(21)12-23-19/h2-12H,13H2,1H3. The Labute approximate surface area is 178 Å². The summed E-state index contributed by atoms with van der Waals surface area (Å²) in [4.78, 5) is 15.7. The van der Waals surface area contributed by atoms with Gasteiger partial charge in [0.1, 0.15) is 0 Å². The second kappa shape index (κ2) is 8.82. The van der Waals surface area contributed by atoms with E-state index in [-0.39, 0.29) is 27.8 Å². The van der Waals surface area contributed by atoms with Crippen molar-refractivity contribution in [3.8, 4) is 0 Å². The van der Waals surface area contributed by atoms with Crippen LogP contribution in [0, 0.1) is 0 Å². The fourth-order valence-electron chi connectivity index (χ4n) is 2.62. The molecule has 3 rings (SSSR count). The maximum atomic E-state index is 13.4. The molecule has 0 aliphatic heterocycles. The van der Waals surface area contributed by atoms with Gasteiger partial charge in [0.05, 0.1) is 34.2 Å². The topological polar surface area (TPSA) is 76.6 Å². The van der Waals surface area contributed by atoms with Crippen molar-refractivity contribution in [2.45, 2.75) is 11.4 Å². The molecule has 0 fully saturated rings. The number of hydrogen-bond donors (Lipinski definition) is 0. The van der Waals surface area contributed by atoms with E-state index in [4.69, 9.17) is 23.2 Å². The first kappa shape index (κ1) is 21.1. The fourth-order valence-corrected chi connectivity index (χ4v) is 4.58. The molecule has 2 aromatic carbocycles. The highest BCUT2D eigenvalue weighted by atomic mass is 35.5. The maximum Gasteiger partial charge on any atom is 0.337 e. The summed E-state index contributed by atoms with van der Waals surface area (Å²) >= 11 is 12.2. The minimum absolute atomic E-state index is 0.0102. The predicted octanol–water partition coefficient (Wildman–Crippen LogP) is 4.57. The van der Waals surface area contributed by atoms with Crippen LogP contribution in [0.25, 0.3) is 0 Å². The number of rotatable bonds is 6. The minimum atomic E-state index is -4.05. The Balaban J connectivity index is 2.07. The van der Waals surface area contributed by atoms with Crippen molar-refractivity contribution in [3.63, 3.8) is 0 Å². The molecule has 1 heterocycles. The summed E-state index contributed by atoms with van der Waals surface area (Å²) in [5, 5.41) is 0.390. The summed E-state index contributed by atoms with van der Waals surface area (Å²) in [5.74, 6) is -0.505. The maximum absolute atomic E-state index is 13.4. The smallest absolute Gasteiger partial charge is 0.337 e. The Morgan fingerprint density at radius 2 is 1.72 bits per heavy atom. The number of anilines is 1. The Morgan fingerprint density at radius 1 is 1.07 bits per heavy atom. The van der Waals surface area contributed by atoms with Crippen LogP contribution in [-0.2, 0) is 21.3 Å². The van der Waals surface area contributed by atoms with Gasteiger partial charge in [0.25, 0.3) is 10.0 Å². The normalized spacial score (nSPS) is 11.1. The van der Waals surface area contributed by atoms with Crippen LogP contribution in [0.5, 0.6) is 0 Å². The predicted molar refractivity (Wildman–Crippen MR) is 112 cm³/mol. The molecule has 0 saturated carbocycles. The van der Waals surface area contributed by atoms with Crippen molar-refractivity contribution in [3.05, 3.63) is 88.0 Å². The van der Waals surface area contributed by atoms with Gasteiger partial charge in [-0.3, -0.25) is 0 Å². The zero-order valence-electron chi connectivity index (χ0n) is 15.2. The number of sulfonamides is 1. The Kier molecular flexibility index (Phi) is 6.42. The summed E-state index contributed by atoms with van der Waals surface area (Å²) in [6.07, 6.45) is 1.33. The van der Waals surface area contributed by atoms with Gasteiger partial charge in [-0.1, -0.05) is 53.5 Å². The molecule has 1 aromatic heterocycles. The number of nitrogens with zero attached hydrogens (tertiary/aromatic N) is 2. The summed E-state index contributed by atoms with van der Waals surface area (Å²) in [5.41, 5.74) is 0.985. The van der Waals surface area contributed by atoms with Crippen LogP contribution in [0.15, 0.2) is 71.8 Å². The van der Waals surface area contributed by atoms with E-state index in [2.05, 4.69) is 9.72 Å². The highest BCUT2D eigenvalue weighted by molar-refractivity contribution is 7.92. The third-order valence-electron chi connectivity index (χ3n) is 4.06. The molecule has 0 saturated heterocycles. The molecule has 9 heteroatoms. The lowest BCUT2D eigenvalue weighted by atomic mass is 10.2. The highest BCUT2D eigenvalue weighted by Gasteiger charge is 2.28. The van der Waals surface area contributed by atoms with Gasteiger partial charge in [0.15, 0.2) is 5.82 Å². The molecule has 0 unspecified atom stereocenters. The lowest BCUT2D eigenvalue weighted by Crippen LogP contribution is -2.31. The van der Waals surface area contributed by atoms with E-state index < -0.39 is 16.0 Å². The zero-order chi connectivity index (χ0) is 21.0. The monoisotopic (exact) mass is 450 g/mol. The SMILES string of the molecule is COC(=O)c1ccc(S(=O)(=O)N(Cc2ccccc2)c2ncc(Cl)cc2Cl)cc1. The second-order valence-electron chi connectivity index (χ2n) is 5.97. The van der Waals surface area contributed by atoms with Gasteiger partial charge in [0.2, 0.25) is 0 Å². The molecule has 3 aromatic rings. The Bertz CT molecular complexity index is 1120. The zero-order valence-corrected chi connectivity index (χ0v) is 17.6. The van der Waals surface area contributed by atoms with Crippen LogP contribution in [0.4, 0.5) is 5.82 Å². The van der Waals surface area contributed by atoms with E-state index in [0.29, 0.717) is 5.02 Å². The van der Waals surface area contributed by atoms with Gasteiger partial charge >= 0.3 is 5.97 Å². The van der Waals surface area contributed by atoms with Gasteiger partial charge < -0.3 is 4.74 Å². The first-order chi connectivity index (χ1) is 13.8. The molecule has 29 heavy (non-hydrogen) atoms. The molecule has 0 aliphatic carbocycles. The molecule has 150 valence electrons. The molecule has 0 spiro atoms. The molecular formula is C20H16Cl2N2O4S. The second-order valence-corrected chi connectivity index (χ2v) is 8.68. The summed E-state index contributed by atoms with van der Waals surface area (Å²) in [6, 6.07) is 15.9. The summed E-state index contributed by atoms with van der Waals surface area (Å²) in [7, 11) is -2.79. The van der Waals surface area contributed by atoms with E-state index >= 15 is 0 Å². The van der Waals surface area contributed by atoms with Crippen molar-refractivity contribution in [2.75, 3.05) is 11.4 Å². The van der Waals surface area contributed by atoms with Crippen LogP contribution < -0.4 is 4.31 Å².